The Morgan fingerprint density at radius 1 is 1.28 bits per heavy atom. The summed E-state index contributed by atoms with van der Waals surface area (Å²) < 4.78 is 13.9. The highest BCUT2D eigenvalue weighted by molar-refractivity contribution is 9.10. The van der Waals surface area contributed by atoms with Gasteiger partial charge in [0.15, 0.2) is 0 Å². The first kappa shape index (κ1) is 12.3. The summed E-state index contributed by atoms with van der Waals surface area (Å²) in [6, 6.07) is 3.11. The molecule has 0 radical (unpaired) electrons. The minimum Gasteiger partial charge on any atom is -0.397 e. The molecule has 1 aromatic rings. The Labute approximate surface area is 115 Å². The Balaban J connectivity index is 1.66. The number of halogens is 2. The van der Waals surface area contributed by atoms with Gasteiger partial charge in [-0.25, -0.2) is 4.39 Å². The van der Waals surface area contributed by atoms with Crippen molar-refractivity contribution in [1.29, 1.82) is 0 Å². The molecule has 0 aromatic heterocycles. The van der Waals surface area contributed by atoms with Crippen molar-refractivity contribution in [3.63, 3.8) is 0 Å². The number of hydrogen-bond acceptors (Lipinski definition) is 2. The van der Waals surface area contributed by atoms with E-state index in [9.17, 15) is 4.39 Å². The molecule has 2 saturated carbocycles. The summed E-state index contributed by atoms with van der Waals surface area (Å²) in [6.45, 7) is 0.931. The number of nitrogens with one attached hydrogen (secondary N) is 1. The Hall–Kier alpha value is -0.770. The van der Waals surface area contributed by atoms with E-state index in [1.54, 1.807) is 6.07 Å². The number of hydrogen-bond donors (Lipinski definition) is 2. The second-order valence-corrected chi connectivity index (χ2v) is 6.43. The lowest BCUT2D eigenvalue weighted by molar-refractivity contribution is 0.428. The maximum Gasteiger partial charge on any atom is 0.139 e. The Bertz CT molecular complexity index is 443. The molecular weight excluding hydrogens is 295 g/mol. The maximum atomic E-state index is 13.5. The Morgan fingerprint density at radius 3 is 2.44 bits per heavy atom. The van der Waals surface area contributed by atoms with Gasteiger partial charge in [-0.05, 0) is 65.4 Å². The third-order valence-electron chi connectivity index (χ3n) is 4.08. The van der Waals surface area contributed by atoms with Crippen LogP contribution in [0.2, 0.25) is 0 Å². The zero-order valence-corrected chi connectivity index (χ0v) is 11.8. The van der Waals surface area contributed by atoms with E-state index in [1.807, 2.05) is 0 Å². The van der Waals surface area contributed by atoms with Crippen molar-refractivity contribution in [2.45, 2.75) is 25.7 Å². The van der Waals surface area contributed by atoms with Crippen LogP contribution < -0.4 is 11.1 Å². The quantitative estimate of drug-likeness (QED) is 0.806. The molecule has 3 N–H and O–H groups in total. The summed E-state index contributed by atoms with van der Waals surface area (Å²) in [5.74, 6) is 2.29. The first-order valence-electron chi connectivity index (χ1n) is 6.63. The number of nitrogen functional groups attached to an aromatic ring is 1. The summed E-state index contributed by atoms with van der Waals surface area (Å²) in [7, 11) is 0. The molecule has 18 heavy (non-hydrogen) atoms. The molecule has 0 aliphatic heterocycles. The van der Waals surface area contributed by atoms with Crippen LogP contribution in [-0.4, -0.2) is 6.54 Å². The van der Waals surface area contributed by atoms with Crippen LogP contribution in [0, 0.1) is 23.6 Å². The second-order valence-electron chi connectivity index (χ2n) is 5.57. The largest absolute Gasteiger partial charge is 0.397 e. The average molecular weight is 313 g/mol. The van der Waals surface area contributed by atoms with E-state index in [2.05, 4.69) is 21.2 Å². The molecule has 0 heterocycles. The van der Waals surface area contributed by atoms with Gasteiger partial charge < -0.3 is 11.1 Å². The van der Waals surface area contributed by atoms with Crippen molar-refractivity contribution >= 4 is 27.3 Å². The van der Waals surface area contributed by atoms with Crippen LogP contribution in [0.25, 0.3) is 0 Å². The lowest BCUT2D eigenvalue weighted by atomic mass is 9.98. The predicted molar refractivity (Wildman–Crippen MR) is 75.9 cm³/mol. The van der Waals surface area contributed by atoms with Crippen molar-refractivity contribution in [2.24, 2.45) is 17.8 Å². The molecule has 2 aliphatic rings. The molecule has 1 aromatic carbocycles. The molecule has 98 valence electrons. The molecule has 0 atom stereocenters. The van der Waals surface area contributed by atoms with E-state index in [-0.39, 0.29) is 5.82 Å². The summed E-state index contributed by atoms with van der Waals surface area (Å²) in [5.41, 5.74) is 7.23. The van der Waals surface area contributed by atoms with Crippen LogP contribution in [0.1, 0.15) is 25.7 Å². The zero-order chi connectivity index (χ0) is 12.7. The van der Waals surface area contributed by atoms with Gasteiger partial charge in [0.2, 0.25) is 0 Å². The lowest BCUT2D eigenvalue weighted by Gasteiger charge is -2.18. The number of anilines is 2. The first-order valence-corrected chi connectivity index (χ1v) is 7.43. The van der Waals surface area contributed by atoms with Crippen LogP contribution in [0.4, 0.5) is 15.8 Å². The monoisotopic (exact) mass is 312 g/mol. The number of rotatable bonds is 5. The topological polar surface area (TPSA) is 38.0 Å². The third kappa shape index (κ3) is 2.63. The van der Waals surface area contributed by atoms with Gasteiger partial charge in [0.1, 0.15) is 5.82 Å². The smallest absolute Gasteiger partial charge is 0.139 e. The minimum absolute atomic E-state index is 0.263. The van der Waals surface area contributed by atoms with Gasteiger partial charge in [-0.3, -0.25) is 0 Å². The molecule has 4 heteroatoms. The van der Waals surface area contributed by atoms with Gasteiger partial charge in [0, 0.05) is 12.6 Å². The molecule has 3 rings (SSSR count). The molecular formula is C14H18BrFN2. The highest BCUT2D eigenvalue weighted by atomic mass is 79.9. The summed E-state index contributed by atoms with van der Waals surface area (Å²) in [6.07, 6.45) is 5.47. The summed E-state index contributed by atoms with van der Waals surface area (Å²) in [5, 5.41) is 3.34. The van der Waals surface area contributed by atoms with E-state index in [0.717, 1.165) is 30.0 Å². The fourth-order valence-corrected chi connectivity index (χ4v) is 3.07. The van der Waals surface area contributed by atoms with E-state index >= 15 is 0 Å². The normalized spacial score (nSPS) is 19.3. The first-order chi connectivity index (χ1) is 8.65. The van der Waals surface area contributed by atoms with Crippen LogP contribution in [0.3, 0.4) is 0 Å². The molecule has 0 bridgehead atoms. The van der Waals surface area contributed by atoms with Crippen molar-refractivity contribution < 1.29 is 4.39 Å². The minimum atomic E-state index is -0.263. The van der Waals surface area contributed by atoms with Crippen LogP contribution in [0.5, 0.6) is 0 Å². The Kier molecular flexibility index (Phi) is 3.22. The predicted octanol–water partition coefficient (Wildman–Crippen LogP) is 4.02. The van der Waals surface area contributed by atoms with Crippen LogP contribution in [0.15, 0.2) is 16.6 Å². The summed E-state index contributed by atoms with van der Waals surface area (Å²) in [4.78, 5) is 0. The van der Waals surface area contributed by atoms with E-state index in [1.165, 1.54) is 31.7 Å². The van der Waals surface area contributed by atoms with E-state index in [4.69, 9.17) is 5.73 Å². The van der Waals surface area contributed by atoms with Crippen molar-refractivity contribution in [3.8, 4) is 0 Å². The zero-order valence-electron chi connectivity index (χ0n) is 10.3. The van der Waals surface area contributed by atoms with Gasteiger partial charge in [-0.15, -0.1) is 0 Å². The number of benzene rings is 1. The van der Waals surface area contributed by atoms with Gasteiger partial charge in [0.25, 0.3) is 0 Å². The van der Waals surface area contributed by atoms with Crippen molar-refractivity contribution in [3.05, 3.63) is 22.4 Å². The Morgan fingerprint density at radius 2 is 1.89 bits per heavy atom. The SMILES string of the molecule is Nc1cc(Br)c(F)cc1NCC(C1CC1)C1CC1. The van der Waals surface area contributed by atoms with Crippen molar-refractivity contribution in [2.75, 3.05) is 17.6 Å². The van der Waals surface area contributed by atoms with Gasteiger partial charge in [-0.2, -0.15) is 0 Å². The molecule has 0 saturated heterocycles. The fraction of sp³-hybridized carbons (Fsp3) is 0.571. The second kappa shape index (κ2) is 4.72. The standard InChI is InChI=1S/C14H18BrFN2/c15-11-5-13(17)14(6-12(11)16)18-7-10(8-1-2-8)9-3-4-9/h5-6,8-10,18H,1-4,7,17H2. The average Bonchev–Trinajstić information content (AvgIpc) is 3.17. The van der Waals surface area contributed by atoms with Crippen LogP contribution in [-0.2, 0) is 0 Å². The highest BCUT2D eigenvalue weighted by Crippen LogP contribution is 2.49. The van der Waals surface area contributed by atoms with Gasteiger partial charge >= 0.3 is 0 Å². The van der Waals surface area contributed by atoms with Crippen molar-refractivity contribution in [1.82, 2.24) is 0 Å². The fourth-order valence-electron chi connectivity index (χ4n) is 2.71. The molecule has 2 aliphatic carbocycles. The molecule has 0 amide bonds. The molecule has 0 unspecified atom stereocenters. The molecule has 2 fully saturated rings. The maximum absolute atomic E-state index is 13.5. The number of nitrogens with two attached hydrogens (primary N) is 1. The molecule has 2 nitrogen and oxygen atoms in total. The van der Waals surface area contributed by atoms with E-state index < -0.39 is 0 Å². The van der Waals surface area contributed by atoms with Gasteiger partial charge in [0.05, 0.1) is 15.8 Å². The summed E-state index contributed by atoms with van der Waals surface area (Å²) >= 11 is 3.14. The third-order valence-corrected chi connectivity index (χ3v) is 4.68. The van der Waals surface area contributed by atoms with Crippen LogP contribution >= 0.6 is 15.9 Å². The highest BCUT2D eigenvalue weighted by Gasteiger charge is 2.41. The molecule has 0 spiro atoms. The van der Waals surface area contributed by atoms with E-state index in [0.29, 0.717) is 10.2 Å². The van der Waals surface area contributed by atoms with Gasteiger partial charge in [-0.1, -0.05) is 0 Å². The lowest BCUT2D eigenvalue weighted by Crippen LogP contribution is -2.19.